The van der Waals surface area contributed by atoms with Gasteiger partial charge in [-0.3, -0.25) is 10.2 Å². The molecular formula is C21H28N4O2. The molecule has 0 saturated carbocycles. The molecule has 4 N–H and O–H groups in total. The van der Waals surface area contributed by atoms with Gasteiger partial charge in [0.2, 0.25) is 0 Å². The molecule has 2 rings (SSSR count). The summed E-state index contributed by atoms with van der Waals surface area (Å²) < 4.78 is 0. The molecule has 27 heavy (non-hydrogen) atoms. The number of hydrogen-bond donors (Lipinski definition) is 4. The fraction of sp³-hybridized carbons (Fsp3) is 0.333. The monoisotopic (exact) mass is 368 g/mol. The molecule has 0 heterocycles. The van der Waals surface area contributed by atoms with Gasteiger partial charge in [0.05, 0.1) is 0 Å². The molecule has 6 heteroatoms. The smallest absolute Gasteiger partial charge is 0.315 e. The summed E-state index contributed by atoms with van der Waals surface area (Å²) in [4.78, 5) is 24.8. The minimum Gasteiger partial charge on any atom is -0.334 e. The SMILES string of the molecule is CC(C)(C)C(NC(=O)NCc1ccccc1)C(=O)NNCc1ccccc1. The van der Waals surface area contributed by atoms with E-state index in [4.69, 9.17) is 0 Å². The first-order valence-corrected chi connectivity index (χ1v) is 9.01. The number of benzene rings is 2. The quantitative estimate of drug-likeness (QED) is 0.567. The van der Waals surface area contributed by atoms with E-state index in [-0.39, 0.29) is 11.9 Å². The van der Waals surface area contributed by atoms with Crippen LogP contribution in [0.2, 0.25) is 0 Å². The summed E-state index contributed by atoms with van der Waals surface area (Å²) in [7, 11) is 0. The van der Waals surface area contributed by atoms with Crippen molar-refractivity contribution >= 4 is 11.9 Å². The topological polar surface area (TPSA) is 82.3 Å². The van der Waals surface area contributed by atoms with Crippen molar-refractivity contribution in [3.8, 4) is 0 Å². The largest absolute Gasteiger partial charge is 0.334 e. The van der Waals surface area contributed by atoms with Crippen LogP contribution < -0.4 is 21.5 Å². The molecule has 0 spiro atoms. The van der Waals surface area contributed by atoms with E-state index in [0.717, 1.165) is 11.1 Å². The summed E-state index contributed by atoms with van der Waals surface area (Å²) in [5, 5.41) is 5.56. The minimum atomic E-state index is -0.684. The molecule has 6 nitrogen and oxygen atoms in total. The highest BCUT2D eigenvalue weighted by molar-refractivity contribution is 5.87. The number of hydrogen-bond acceptors (Lipinski definition) is 3. The number of carbonyl (C=O) groups is 2. The number of rotatable bonds is 7. The van der Waals surface area contributed by atoms with Crippen molar-refractivity contribution in [2.24, 2.45) is 5.41 Å². The molecule has 1 unspecified atom stereocenters. The Morgan fingerprint density at radius 3 is 1.89 bits per heavy atom. The van der Waals surface area contributed by atoms with E-state index in [1.807, 2.05) is 81.4 Å². The third-order valence-corrected chi connectivity index (χ3v) is 4.05. The summed E-state index contributed by atoms with van der Waals surface area (Å²) >= 11 is 0. The predicted molar refractivity (Wildman–Crippen MR) is 106 cm³/mol. The average Bonchev–Trinajstić information content (AvgIpc) is 2.65. The predicted octanol–water partition coefficient (Wildman–Crippen LogP) is 2.72. The Balaban J connectivity index is 1.86. The minimum absolute atomic E-state index is 0.284. The number of hydrazine groups is 1. The maximum Gasteiger partial charge on any atom is 0.315 e. The molecule has 0 fully saturated rings. The number of amides is 3. The Hall–Kier alpha value is -2.86. The molecule has 1 atom stereocenters. The molecule has 0 saturated heterocycles. The number of nitrogens with one attached hydrogen (secondary N) is 4. The molecule has 0 bridgehead atoms. The van der Waals surface area contributed by atoms with Crippen molar-refractivity contribution in [2.75, 3.05) is 0 Å². The zero-order chi connectivity index (χ0) is 19.7. The molecule has 0 aromatic heterocycles. The van der Waals surface area contributed by atoms with Gasteiger partial charge in [0.25, 0.3) is 5.91 Å². The van der Waals surface area contributed by atoms with Gasteiger partial charge in [-0.2, -0.15) is 0 Å². The van der Waals surface area contributed by atoms with Crippen LogP contribution in [0.1, 0.15) is 31.9 Å². The number of urea groups is 1. The summed E-state index contributed by atoms with van der Waals surface area (Å²) in [6.07, 6.45) is 0. The van der Waals surface area contributed by atoms with Gasteiger partial charge in [-0.15, -0.1) is 0 Å². The lowest BCUT2D eigenvalue weighted by atomic mass is 9.86. The standard InChI is InChI=1S/C21H28N4O2/c1-21(2,3)18(19(26)25-23-15-17-12-8-5-9-13-17)24-20(27)22-14-16-10-6-4-7-11-16/h4-13,18,23H,14-15H2,1-3H3,(H,25,26)(H2,22,24,27). The average molecular weight is 368 g/mol. The molecule has 0 aliphatic rings. The maximum atomic E-state index is 12.6. The summed E-state index contributed by atoms with van der Waals surface area (Å²) in [6.45, 7) is 6.63. The molecule has 0 aliphatic heterocycles. The molecular weight excluding hydrogens is 340 g/mol. The Morgan fingerprint density at radius 1 is 0.852 bits per heavy atom. The zero-order valence-corrected chi connectivity index (χ0v) is 16.1. The van der Waals surface area contributed by atoms with E-state index in [0.29, 0.717) is 13.1 Å². The van der Waals surface area contributed by atoms with Crippen molar-refractivity contribution in [2.45, 2.75) is 39.9 Å². The van der Waals surface area contributed by atoms with Gasteiger partial charge in [-0.1, -0.05) is 81.4 Å². The summed E-state index contributed by atoms with van der Waals surface area (Å²) in [5.41, 5.74) is 7.21. The van der Waals surface area contributed by atoms with Crippen LogP contribution in [0.15, 0.2) is 60.7 Å². The third kappa shape index (κ3) is 7.11. The molecule has 2 aromatic rings. The van der Waals surface area contributed by atoms with Crippen molar-refractivity contribution < 1.29 is 9.59 Å². The molecule has 0 radical (unpaired) electrons. The first-order valence-electron chi connectivity index (χ1n) is 9.01. The molecule has 0 aliphatic carbocycles. The Morgan fingerprint density at radius 2 is 1.37 bits per heavy atom. The third-order valence-electron chi connectivity index (χ3n) is 4.05. The highest BCUT2D eigenvalue weighted by Gasteiger charge is 2.32. The Kier molecular flexibility index (Phi) is 7.37. The fourth-order valence-corrected chi connectivity index (χ4v) is 2.54. The lowest BCUT2D eigenvalue weighted by Crippen LogP contribution is -2.57. The van der Waals surface area contributed by atoms with E-state index >= 15 is 0 Å². The highest BCUT2D eigenvalue weighted by Crippen LogP contribution is 2.19. The first kappa shape index (κ1) is 20.5. The van der Waals surface area contributed by atoms with Crippen LogP contribution in [0.25, 0.3) is 0 Å². The van der Waals surface area contributed by atoms with Gasteiger partial charge in [0, 0.05) is 13.1 Å². The van der Waals surface area contributed by atoms with Crippen molar-refractivity contribution in [3.05, 3.63) is 71.8 Å². The lowest BCUT2D eigenvalue weighted by molar-refractivity contribution is -0.126. The second-order valence-corrected chi connectivity index (χ2v) is 7.44. The second kappa shape index (κ2) is 9.73. The van der Waals surface area contributed by atoms with Crippen molar-refractivity contribution in [1.29, 1.82) is 0 Å². The van der Waals surface area contributed by atoms with Gasteiger partial charge in [0.1, 0.15) is 6.04 Å². The normalized spacial score (nSPS) is 12.1. The van der Waals surface area contributed by atoms with E-state index in [2.05, 4.69) is 21.5 Å². The van der Waals surface area contributed by atoms with E-state index in [9.17, 15) is 9.59 Å². The fourth-order valence-electron chi connectivity index (χ4n) is 2.54. The van der Waals surface area contributed by atoms with E-state index < -0.39 is 11.5 Å². The van der Waals surface area contributed by atoms with Crippen LogP contribution in [-0.4, -0.2) is 18.0 Å². The van der Waals surface area contributed by atoms with Crippen molar-refractivity contribution in [3.63, 3.8) is 0 Å². The molecule has 3 amide bonds. The summed E-state index contributed by atoms with van der Waals surface area (Å²) in [5.74, 6) is -0.284. The number of carbonyl (C=O) groups excluding carboxylic acids is 2. The van der Waals surface area contributed by atoms with Crippen LogP contribution in [0.5, 0.6) is 0 Å². The van der Waals surface area contributed by atoms with E-state index in [1.54, 1.807) is 0 Å². The van der Waals surface area contributed by atoms with Gasteiger partial charge in [0.15, 0.2) is 0 Å². The van der Waals surface area contributed by atoms with E-state index in [1.165, 1.54) is 0 Å². The van der Waals surface area contributed by atoms with Gasteiger partial charge in [-0.25, -0.2) is 10.2 Å². The van der Waals surface area contributed by atoms with Crippen LogP contribution >= 0.6 is 0 Å². The van der Waals surface area contributed by atoms with Crippen molar-refractivity contribution in [1.82, 2.24) is 21.5 Å². The van der Waals surface area contributed by atoms with Gasteiger partial charge in [-0.05, 0) is 16.5 Å². The lowest BCUT2D eigenvalue weighted by Gasteiger charge is -2.30. The Bertz CT molecular complexity index is 727. The van der Waals surface area contributed by atoms with Gasteiger partial charge < -0.3 is 10.6 Å². The second-order valence-electron chi connectivity index (χ2n) is 7.44. The van der Waals surface area contributed by atoms with Crippen LogP contribution in [0.4, 0.5) is 4.79 Å². The maximum absolute atomic E-state index is 12.6. The van der Waals surface area contributed by atoms with Crippen LogP contribution in [-0.2, 0) is 17.9 Å². The molecule has 2 aromatic carbocycles. The first-order chi connectivity index (χ1) is 12.9. The summed E-state index contributed by atoms with van der Waals surface area (Å²) in [6, 6.07) is 18.3. The zero-order valence-electron chi connectivity index (χ0n) is 16.1. The van der Waals surface area contributed by atoms with Gasteiger partial charge >= 0.3 is 6.03 Å². The van der Waals surface area contributed by atoms with Crippen LogP contribution in [0, 0.1) is 5.41 Å². The highest BCUT2D eigenvalue weighted by atomic mass is 16.2. The Labute approximate surface area is 160 Å². The van der Waals surface area contributed by atoms with Crippen LogP contribution in [0.3, 0.4) is 0 Å². The molecule has 144 valence electrons.